The normalized spacial score (nSPS) is 15.6. The Morgan fingerprint density at radius 3 is 2.78 bits per heavy atom. The van der Waals surface area contributed by atoms with Crippen molar-refractivity contribution >= 4 is 23.0 Å². The number of rotatable bonds is 6. The van der Waals surface area contributed by atoms with Crippen LogP contribution in [0.25, 0.3) is 0 Å². The predicted molar refractivity (Wildman–Crippen MR) is 104 cm³/mol. The average Bonchev–Trinajstić information content (AvgIpc) is 2.66. The molecule has 0 fully saturated rings. The summed E-state index contributed by atoms with van der Waals surface area (Å²) in [6.45, 7) is 4.07. The fourth-order valence-corrected chi connectivity index (χ4v) is 3.32. The number of hydrogen-bond acceptors (Lipinski definition) is 6. The standard InChI is InChI=1S/C19H22N4O4/c1-3-22-12-14(27-18-7-5-4-6-16(18)22)11-21(2)15-9-8-13(19(20)24)10-17(15)23(25)26/h4-10,14H,3,11-12H2,1-2H3,(H2,20,24). The summed E-state index contributed by atoms with van der Waals surface area (Å²) in [5.41, 5.74) is 6.65. The molecule has 1 aliphatic heterocycles. The van der Waals surface area contributed by atoms with Crippen LogP contribution in [0.4, 0.5) is 17.1 Å². The number of nitrogens with zero attached hydrogens (tertiary/aromatic N) is 3. The molecule has 1 heterocycles. The minimum Gasteiger partial charge on any atom is -0.485 e. The number of benzene rings is 2. The highest BCUT2D eigenvalue weighted by Gasteiger charge is 2.27. The van der Waals surface area contributed by atoms with Crippen LogP contribution in [0.15, 0.2) is 42.5 Å². The van der Waals surface area contributed by atoms with Gasteiger partial charge in [0.2, 0.25) is 5.91 Å². The predicted octanol–water partition coefficient (Wildman–Crippen LogP) is 2.42. The van der Waals surface area contributed by atoms with E-state index in [-0.39, 0.29) is 17.4 Å². The molecular weight excluding hydrogens is 348 g/mol. The van der Waals surface area contributed by atoms with E-state index in [0.29, 0.717) is 18.8 Å². The van der Waals surface area contributed by atoms with E-state index in [0.717, 1.165) is 18.0 Å². The van der Waals surface area contributed by atoms with Crippen LogP contribution in [0, 0.1) is 10.1 Å². The van der Waals surface area contributed by atoms with E-state index in [2.05, 4.69) is 11.8 Å². The summed E-state index contributed by atoms with van der Waals surface area (Å²) in [5, 5.41) is 11.4. The first-order valence-corrected chi connectivity index (χ1v) is 8.70. The molecule has 0 radical (unpaired) electrons. The maximum atomic E-state index is 11.4. The number of nitrogens with two attached hydrogens (primary N) is 1. The number of anilines is 2. The highest BCUT2D eigenvalue weighted by atomic mass is 16.6. The van der Waals surface area contributed by atoms with Crippen molar-refractivity contribution in [3.05, 3.63) is 58.1 Å². The monoisotopic (exact) mass is 370 g/mol. The van der Waals surface area contributed by atoms with Gasteiger partial charge in [0.05, 0.1) is 23.7 Å². The second-order valence-corrected chi connectivity index (χ2v) is 6.45. The molecule has 8 nitrogen and oxygen atoms in total. The summed E-state index contributed by atoms with van der Waals surface area (Å²) in [7, 11) is 1.77. The number of amides is 1. The highest BCUT2D eigenvalue weighted by Crippen LogP contribution is 2.34. The minimum atomic E-state index is -0.696. The summed E-state index contributed by atoms with van der Waals surface area (Å²) in [6, 6.07) is 12.1. The van der Waals surface area contributed by atoms with Crippen LogP contribution in [0.2, 0.25) is 0 Å². The molecule has 27 heavy (non-hydrogen) atoms. The Kier molecular flexibility index (Phi) is 5.16. The van der Waals surface area contributed by atoms with Crippen LogP contribution < -0.4 is 20.3 Å². The molecule has 0 saturated carbocycles. The molecule has 2 N–H and O–H groups in total. The Morgan fingerprint density at radius 2 is 2.11 bits per heavy atom. The quantitative estimate of drug-likeness (QED) is 0.619. The number of carbonyl (C=O) groups excluding carboxylic acids is 1. The number of fused-ring (bicyclic) bond motifs is 1. The average molecular weight is 370 g/mol. The number of para-hydroxylation sites is 2. The van der Waals surface area contributed by atoms with Crippen molar-refractivity contribution in [3.63, 3.8) is 0 Å². The first-order valence-electron chi connectivity index (χ1n) is 8.70. The van der Waals surface area contributed by atoms with Crippen LogP contribution >= 0.6 is 0 Å². The number of primary amides is 1. The van der Waals surface area contributed by atoms with Gasteiger partial charge >= 0.3 is 0 Å². The summed E-state index contributed by atoms with van der Waals surface area (Å²) < 4.78 is 6.09. The van der Waals surface area contributed by atoms with E-state index >= 15 is 0 Å². The molecule has 3 rings (SSSR count). The van der Waals surface area contributed by atoms with Crippen molar-refractivity contribution in [2.45, 2.75) is 13.0 Å². The van der Waals surface area contributed by atoms with Gasteiger partial charge in [0.1, 0.15) is 17.5 Å². The van der Waals surface area contributed by atoms with Crippen molar-refractivity contribution < 1.29 is 14.5 Å². The summed E-state index contributed by atoms with van der Waals surface area (Å²) in [5.74, 6) is 0.112. The third kappa shape index (κ3) is 3.79. The van der Waals surface area contributed by atoms with Gasteiger partial charge in [0.15, 0.2) is 0 Å². The zero-order valence-electron chi connectivity index (χ0n) is 15.3. The van der Waals surface area contributed by atoms with Crippen LogP contribution in [-0.2, 0) is 0 Å². The smallest absolute Gasteiger partial charge is 0.293 e. The van der Waals surface area contributed by atoms with Crippen molar-refractivity contribution in [2.24, 2.45) is 5.73 Å². The second kappa shape index (κ2) is 7.53. The van der Waals surface area contributed by atoms with E-state index in [9.17, 15) is 14.9 Å². The van der Waals surface area contributed by atoms with Crippen LogP contribution in [-0.4, -0.2) is 43.6 Å². The van der Waals surface area contributed by atoms with Gasteiger partial charge in [-0.1, -0.05) is 12.1 Å². The number of likely N-dealkylation sites (N-methyl/N-ethyl adjacent to an activating group) is 2. The number of nitro groups is 1. The minimum absolute atomic E-state index is 0.110. The molecule has 1 unspecified atom stereocenters. The van der Waals surface area contributed by atoms with E-state index in [4.69, 9.17) is 10.5 Å². The maximum absolute atomic E-state index is 11.4. The first kappa shape index (κ1) is 18.5. The van der Waals surface area contributed by atoms with Crippen molar-refractivity contribution in [3.8, 4) is 5.75 Å². The van der Waals surface area contributed by atoms with Gasteiger partial charge in [0, 0.05) is 25.2 Å². The molecule has 1 atom stereocenters. The SMILES string of the molecule is CCN1CC(CN(C)c2ccc(C(N)=O)cc2[N+](=O)[O-])Oc2ccccc21. The van der Waals surface area contributed by atoms with Crippen molar-refractivity contribution in [2.75, 3.05) is 36.5 Å². The molecule has 2 aromatic carbocycles. The topological polar surface area (TPSA) is 102 Å². The zero-order chi connectivity index (χ0) is 19.6. The number of carbonyl (C=O) groups is 1. The van der Waals surface area contributed by atoms with Gasteiger partial charge in [-0.25, -0.2) is 0 Å². The molecule has 0 bridgehead atoms. The van der Waals surface area contributed by atoms with Crippen LogP contribution in [0.3, 0.4) is 0 Å². The number of ether oxygens (including phenoxy) is 1. The molecule has 1 amide bonds. The lowest BCUT2D eigenvalue weighted by Gasteiger charge is -2.37. The van der Waals surface area contributed by atoms with E-state index < -0.39 is 10.8 Å². The molecular formula is C19H22N4O4. The van der Waals surface area contributed by atoms with E-state index in [1.165, 1.54) is 12.1 Å². The number of hydrogen-bond donors (Lipinski definition) is 1. The van der Waals surface area contributed by atoms with Gasteiger partial charge in [-0.15, -0.1) is 0 Å². The molecule has 0 saturated heterocycles. The van der Waals surface area contributed by atoms with Gasteiger partial charge in [0.25, 0.3) is 5.69 Å². The lowest BCUT2D eigenvalue weighted by Crippen LogP contribution is -2.45. The lowest BCUT2D eigenvalue weighted by atomic mass is 10.1. The molecule has 2 aromatic rings. The van der Waals surface area contributed by atoms with Crippen LogP contribution in [0.5, 0.6) is 5.75 Å². The van der Waals surface area contributed by atoms with E-state index in [1.807, 2.05) is 24.3 Å². The fraction of sp³-hybridized carbons (Fsp3) is 0.316. The van der Waals surface area contributed by atoms with Crippen LogP contribution in [0.1, 0.15) is 17.3 Å². The Morgan fingerprint density at radius 1 is 1.37 bits per heavy atom. The third-order valence-corrected chi connectivity index (χ3v) is 4.65. The summed E-state index contributed by atoms with van der Waals surface area (Å²) in [6.07, 6.45) is -0.153. The Hall–Kier alpha value is -3.29. The zero-order valence-corrected chi connectivity index (χ0v) is 15.3. The molecule has 142 valence electrons. The van der Waals surface area contributed by atoms with Gasteiger partial charge in [-0.05, 0) is 31.2 Å². The lowest BCUT2D eigenvalue weighted by molar-refractivity contribution is -0.384. The van der Waals surface area contributed by atoms with Gasteiger partial charge in [-0.2, -0.15) is 0 Å². The molecule has 0 spiro atoms. The maximum Gasteiger partial charge on any atom is 0.293 e. The molecule has 8 heteroatoms. The largest absolute Gasteiger partial charge is 0.485 e. The van der Waals surface area contributed by atoms with E-state index in [1.54, 1.807) is 18.0 Å². The van der Waals surface area contributed by atoms with Crippen molar-refractivity contribution in [1.29, 1.82) is 0 Å². The molecule has 0 aromatic heterocycles. The Bertz CT molecular complexity index is 871. The Labute approximate surface area is 157 Å². The van der Waals surface area contributed by atoms with Crippen molar-refractivity contribution in [1.82, 2.24) is 0 Å². The first-order chi connectivity index (χ1) is 12.9. The number of nitro benzene ring substituents is 1. The Balaban J connectivity index is 1.83. The third-order valence-electron chi connectivity index (χ3n) is 4.65. The van der Waals surface area contributed by atoms with Gasteiger partial charge < -0.3 is 20.3 Å². The molecule has 1 aliphatic rings. The fourth-order valence-electron chi connectivity index (χ4n) is 3.32. The second-order valence-electron chi connectivity index (χ2n) is 6.45. The highest BCUT2D eigenvalue weighted by molar-refractivity contribution is 5.94. The molecule has 0 aliphatic carbocycles. The van der Waals surface area contributed by atoms with Gasteiger partial charge in [-0.3, -0.25) is 14.9 Å². The summed E-state index contributed by atoms with van der Waals surface area (Å²) >= 11 is 0. The summed E-state index contributed by atoms with van der Waals surface area (Å²) in [4.78, 5) is 26.3.